The molecule has 1 fully saturated rings. The first-order valence-electron chi connectivity index (χ1n) is 19.7. The minimum absolute atomic E-state index is 0.0400. The number of hydrogen-bond donors (Lipinski definition) is 2. The number of phosphoric ester groups is 1. The Balaban J connectivity index is 1.16. The number of unbranched alkanes of at least 4 members (excludes halogenated alkanes) is 15. The topological polar surface area (TPSA) is 200 Å². The van der Waals surface area contributed by atoms with Gasteiger partial charge in [0, 0.05) is 19.4 Å². The van der Waals surface area contributed by atoms with Crippen molar-refractivity contribution in [2.75, 3.05) is 25.6 Å². The highest BCUT2D eigenvalue weighted by Crippen LogP contribution is 2.50. The number of nitrogen functional groups attached to an aromatic ring is 1. The van der Waals surface area contributed by atoms with Crippen LogP contribution >= 0.6 is 7.82 Å². The van der Waals surface area contributed by atoms with Crippen LogP contribution in [0.4, 0.5) is 5.82 Å². The predicted molar refractivity (Wildman–Crippen MR) is 204 cm³/mol. The lowest BCUT2D eigenvalue weighted by Crippen LogP contribution is -2.28. The summed E-state index contributed by atoms with van der Waals surface area (Å²) < 4.78 is 43.1. The van der Waals surface area contributed by atoms with Crippen LogP contribution in [-0.2, 0) is 40.0 Å². The summed E-state index contributed by atoms with van der Waals surface area (Å²) in [4.78, 5) is 18.9. The third-order valence-corrected chi connectivity index (χ3v) is 10.6. The van der Waals surface area contributed by atoms with Crippen molar-refractivity contribution in [2.45, 2.75) is 147 Å². The predicted octanol–water partition coefficient (Wildman–Crippen LogP) is 8.43. The van der Waals surface area contributed by atoms with Crippen LogP contribution in [0.1, 0.15) is 140 Å². The monoisotopic (exact) mass is 767 g/mol. The minimum atomic E-state index is -4.66. The lowest BCUT2D eigenvalue weighted by atomic mass is 9.98. The van der Waals surface area contributed by atoms with Gasteiger partial charge in [-0.2, -0.15) is 15.6 Å². The first kappa shape index (κ1) is 43.3. The molecule has 0 bridgehead atoms. The molecule has 0 radical (unpaired) electrons. The fourth-order valence-corrected chi connectivity index (χ4v) is 7.48. The van der Waals surface area contributed by atoms with Crippen LogP contribution in [0.3, 0.4) is 0 Å². The van der Waals surface area contributed by atoms with Crippen LogP contribution in [0.25, 0.3) is 5.52 Å². The van der Waals surface area contributed by atoms with E-state index in [1.165, 1.54) is 94.3 Å². The highest BCUT2D eigenvalue weighted by atomic mass is 31.2. The van der Waals surface area contributed by atoms with Gasteiger partial charge in [-0.3, -0.25) is 9.05 Å². The fraction of sp³-hybridized carbons (Fsp3) is 0.667. The summed E-state index contributed by atoms with van der Waals surface area (Å²) in [5.41, 5.74) is 6.14. The van der Waals surface area contributed by atoms with Gasteiger partial charge >= 0.3 is 7.82 Å². The van der Waals surface area contributed by atoms with Crippen molar-refractivity contribution in [1.82, 2.24) is 19.6 Å². The van der Waals surface area contributed by atoms with Gasteiger partial charge in [-0.05, 0) is 30.7 Å². The summed E-state index contributed by atoms with van der Waals surface area (Å²) in [5.74, 6) is 0.239. The lowest BCUT2D eigenvalue weighted by molar-refractivity contribution is -0.120. The first-order valence-corrected chi connectivity index (χ1v) is 21.2. The molecule has 3 N–H and O–H groups in total. The van der Waals surface area contributed by atoms with Crippen LogP contribution < -0.4 is 5.73 Å². The molecule has 1 saturated heterocycles. The molecule has 0 aliphatic carbocycles. The first-order chi connectivity index (χ1) is 26.3. The van der Waals surface area contributed by atoms with E-state index < -0.39 is 25.8 Å². The van der Waals surface area contributed by atoms with Crippen LogP contribution in [0, 0.1) is 22.7 Å². The number of rotatable bonds is 28. The Morgan fingerprint density at radius 3 is 2.30 bits per heavy atom. The molecular weight excluding hydrogens is 709 g/mol. The molecule has 0 aromatic carbocycles. The van der Waals surface area contributed by atoms with E-state index in [1.807, 2.05) is 6.07 Å². The Hall–Kier alpha value is -3.46. The molecule has 0 spiro atoms. The molecule has 0 amide bonds. The van der Waals surface area contributed by atoms with Crippen molar-refractivity contribution < 1.29 is 32.7 Å². The zero-order valence-electron chi connectivity index (χ0n) is 31.8. The van der Waals surface area contributed by atoms with Crippen LogP contribution in [0.15, 0.2) is 36.7 Å². The summed E-state index contributed by atoms with van der Waals surface area (Å²) in [7, 11) is -4.66. The van der Waals surface area contributed by atoms with Crippen LogP contribution in [-0.4, -0.2) is 56.7 Å². The Bertz CT molecular complexity index is 1680. The normalized spacial score (nSPS) is 18.7. The second-order valence-corrected chi connectivity index (χ2v) is 15.4. The van der Waals surface area contributed by atoms with Crippen LogP contribution in [0.5, 0.6) is 0 Å². The second kappa shape index (κ2) is 23.5. The Kier molecular flexibility index (Phi) is 18.8. The van der Waals surface area contributed by atoms with Gasteiger partial charge in [0.2, 0.25) is 0 Å². The van der Waals surface area contributed by atoms with E-state index in [0.29, 0.717) is 23.5 Å². The van der Waals surface area contributed by atoms with E-state index in [9.17, 15) is 20.0 Å². The Morgan fingerprint density at radius 2 is 1.65 bits per heavy atom. The number of fused-ring (bicyclic) bond motifs is 1. The van der Waals surface area contributed by atoms with Gasteiger partial charge in [0.05, 0.1) is 31.2 Å². The van der Waals surface area contributed by atoms with Crippen molar-refractivity contribution in [2.24, 2.45) is 0 Å². The zero-order valence-corrected chi connectivity index (χ0v) is 32.7. The quantitative estimate of drug-likeness (QED) is 0.0527. The van der Waals surface area contributed by atoms with Gasteiger partial charge in [-0.15, -0.1) is 0 Å². The van der Waals surface area contributed by atoms with Gasteiger partial charge in [0.1, 0.15) is 35.8 Å². The average Bonchev–Trinajstić information content (AvgIpc) is 3.80. The Morgan fingerprint density at radius 1 is 0.981 bits per heavy atom. The van der Waals surface area contributed by atoms with E-state index in [1.54, 1.807) is 30.3 Å². The maximum Gasteiger partial charge on any atom is 0.474 e. The molecule has 3 aromatic heterocycles. The Labute approximate surface area is 319 Å². The van der Waals surface area contributed by atoms with E-state index in [-0.39, 0.29) is 44.2 Å². The number of aromatic nitrogens is 4. The highest BCUT2D eigenvalue weighted by Gasteiger charge is 2.47. The molecule has 296 valence electrons. The summed E-state index contributed by atoms with van der Waals surface area (Å²) in [6.07, 6.45) is 20.3. The van der Waals surface area contributed by atoms with Crippen molar-refractivity contribution >= 4 is 19.2 Å². The maximum absolute atomic E-state index is 13.1. The number of nitriles is 2. The van der Waals surface area contributed by atoms with Crippen molar-refractivity contribution in [3.8, 4) is 12.1 Å². The molecule has 1 aliphatic heterocycles. The zero-order chi connectivity index (χ0) is 38.5. The van der Waals surface area contributed by atoms with Crippen LogP contribution in [0.2, 0.25) is 0 Å². The average molecular weight is 768 g/mol. The summed E-state index contributed by atoms with van der Waals surface area (Å²) >= 11 is 0. The molecule has 0 saturated carbocycles. The number of ether oxygens (including phenoxy) is 3. The number of nitrogens with two attached hydrogens (primary N) is 1. The molecule has 4 atom stereocenters. The molecule has 15 heteroatoms. The lowest BCUT2D eigenvalue weighted by Gasteiger charge is -2.23. The van der Waals surface area contributed by atoms with E-state index >= 15 is 0 Å². The van der Waals surface area contributed by atoms with Gasteiger partial charge in [-0.1, -0.05) is 109 Å². The fourth-order valence-electron chi connectivity index (χ4n) is 6.62. The molecule has 1 aliphatic rings. The van der Waals surface area contributed by atoms with Crippen molar-refractivity contribution in [3.05, 3.63) is 53.7 Å². The summed E-state index contributed by atoms with van der Waals surface area (Å²) in [6, 6.07) is 12.5. The largest absolute Gasteiger partial charge is 0.474 e. The SMILES string of the molecule is CCCCCCCCCCCCCCCCCCOC[C@H](COP(=O)(O)O[C@@H]1CC[C@](C#N)(c2ccc3c(N)ncnn23)O1)OCc1cccc(C#N)n1. The molecule has 3 aromatic rings. The summed E-state index contributed by atoms with van der Waals surface area (Å²) in [6.45, 7) is 2.61. The van der Waals surface area contributed by atoms with Crippen molar-refractivity contribution in [1.29, 1.82) is 10.5 Å². The number of nitrogens with zero attached hydrogens (tertiary/aromatic N) is 6. The smallest absolute Gasteiger partial charge is 0.382 e. The van der Waals surface area contributed by atoms with Gasteiger partial charge < -0.3 is 24.8 Å². The molecule has 4 heterocycles. The summed E-state index contributed by atoms with van der Waals surface area (Å²) in [5, 5.41) is 23.5. The number of anilines is 1. The molecule has 1 unspecified atom stereocenters. The number of pyridine rings is 1. The number of hydrogen-bond acceptors (Lipinski definition) is 12. The number of phosphoric acid groups is 1. The minimum Gasteiger partial charge on any atom is -0.382 e. The molecule has 4 rings (SSSR count). The maximum atomic E-state index is 13.1. The second-order valence-electron chi connectivity index (χ2n) is 14.0. The van der Waals surface area contributed by atoms with Crippen molar-refractivity contribution in [3.63, 3.8) is 0 Å². The van der Waals surface area contributed by atoms with E-state index in [0.717, 1.165) is 19.3 Å². The molecule has 54 heavy (non-hydrogen) atoms. The third kappa shape index (κ3) is 14.3. The van der Waals surface area contributed by atoms with Gasteiger partial charge in [0.15, 0.2) is 17.7 Å². The van der Waals surface area contributed by atoms with E-state index in [4.69, 9.17) is 29.0 Å². The third-order valence-electron chi connectivity index (χ3n) is 9.65. The van der Waals surface area contributed by atoms with Gasteiger partial charge in [0.25, 0.3) is 0 Å². The van der Waals surface area contributed by atoms with E-state index in [2.05, 4.69) is 28.1 Å². The molecule has 14 nitrogen and oxygen atoms in total. The van der Waals surface area contributed by atoms with Gasteiger partial charge in [-0.25, -0.2) is 19.0 Å². The molecular formula is C39H58N7O7P. The standard InChI is InChI=1S/C39H58N7O7P/c1-2-3-4-5-6-7-8-9-10-11-12-13-14-15-16-17-25-49-28-34(50-27-33-20-18-19-32(26-40)45-33)29-51-54(47,48)53-37-23-24-39(30-41,52-37)36-22-21-35-38(42)43-31-44-46(35)36/h18-22,31,34,37H,2-17,23-25,27-29H2,1H3,(H,47,48)(H2,42,43,44)/t34-,37-,39+/m1/s1. The highest BCUT2D eigenvalue weighted by molar-refractivity contribution is 7.47.